The van der Waals surface area contributed by atoms with Crippen molar-refractivity contribution in [3.8, 4) is 5.75 Å². The van der Waals surface area contributed by atoms with Crippen LogP contribution in [0.1, 0.15) is 58.9 Å². The van der Waals surface area contributed by atoms with E-state index in [0.29, 0.717) is 25.2 Å². The number of hydrazone groups is 1. The van der Waals surface area contributed by atoms with Crippen molar-refractivity contribution in [1.82, 2.24) is 5.43 Å². The summed E-state index contributed by atoms with van der Waals surface area (Å²) < 4.78 is 5.39. The number of aliphatic hydroxyl groups is 1. The summed E-state index contributed by atoms with van der Waals surface area (Å²) in [6, 6.07) is 7.51. The molecule has 0 spiro atoms. The van der Waals surface area contributed by atoms with Crippen LogP contribution in [0.3, 0.4) is 0 Å². The third kappa shape index (κ3) is 5.67. The summed E-state index contributed by atoms with van der Waals surface area (Å²) in [6.07, 6.45) is 2.35. The van der Waals surface area contributed by atoms with E-state index in [0.717, 1.165) is 24.2 Å². The Bertz CT molecular complexity index is 518. The molecule has 0 bridgehead atoms. The zero-order valence-electron chi connectivity index (χ0n) is 14.6. The topological polar surface area (TPSA) is 70.9 Å². The maximum Gasteiger partial charge on any atom is 0.271 e. The van der Waals surface area contributed by atoms with Gasteiger partial charge in [0.25, 0.3) is 5.91 Å². The van der Waals surface area contributed by atoms with Gasteiger partial charge in [-0.15, -0.1) is 0 Å². The van der Waals surface area contributed by atoms with Gasteiger partial charge in [-0.05, 0) is 56.5 Å². The third-order valence-electron chi connectivity index (χ3n) is 3.66. The number of ether oxygens (including phenoxy) is 1. The molecular formula is C18H28N2O3. The number of rotatable bonds is 9. The Morgan fingerprint density at radius 2 is 1.74 bits per heavy atom. The molecule has 0 aliphatic rings. The molecule has 1 amide bonds. The highest BCUT2D eigenvalue weighted by molar-refractivity contribution is 5.99. The van der Waals surface area contributed by atoms with Crippen molar-refractivity contribution >= 4 is 11.6 Å². The predicted octanol–water partition coefficient (Wildman–Crippen LogP) is 3.26. The smallest absolute Gasteiger partial charge is 0.271 e. The Morgan fingerprint density at radius 3 is 2.22 bits per heavy atom. The van der Waals surface area contributed by atoms with Gasteiger partial charge in [-0.1, -0.05) is 26.7 Å². The highest BCUT2D eigenvalue weighted by Crippen LogP contribution is 2.20. The first-order valence-corrected chi connectivity index (χ1v) is 8.27. The highest BCUT2D eigenvalue weighted by Gasteiger charge is 2.33. The van der Waals surface area contributed by atoms with Crippen LogP contribution in [-0.4, -0.2) is 28.9 Å². The van der Waals surface area contributed by atoms with Crippen LogP contribution < -0.4 is 10.2 Å². The van der Waals surface area contributed by atoms with E-state index >= 15 is 0 Å². The number of nitrogens with zero attached hydrogens (tertiary/aromatic N) is 1. The molecule has 0 aliphatic heterocycles. The number of hydrogen-bond acceptors (Lipinski definition) is 4. The summed E-state index contributed by atoms with van der Waals surface area (Å²) in [7, 11) is 0. The minimum atomic E-state index is -1.34. The molecule has 0 unspecified atom stereocenters. The fourth-order valence-corrected chi connectivity index (χ4v) is 2.44. The quantitative estimate of drug-likeness (QED) is 0.542. The first-order chi connectivity index (χ1) is 11.0. The van der Waals surface area contributed by atoms with Gasteiger partial charge in [0.05, 0.1) is 12.3 Å². The molecule has 5 nitrogen and oxygen atoms in total. The van der Waals surface area contributed by atoms with Crippen LogP contribution in [0.15, 0.2) is 29.4 Å². The van der Waals surface area contributed by atoms with Crippen LogP contribution in [0.4, 0.5) is 0 Å². The van der Waals surface area contributed by atoms with Crippen LogP contribution in [-0.2, 0) is 4.79 Å². The molecule has 0 radical (unpaired) electrons. The van der Waals surface area contributed by atoms with E-state index in [1.54, 1.807) is 0 Å². The number of carbonyl (C=O) groups excluding carboxylic acids is 1. The van der Waals surface area contributed by atoms with Gasteiger partial charge in [-0.3, -0.25) is 4.79 Å². The van der Waals surface area contributed by atoms with E-state index in [4.69, 9.17) is 4.74 Å². The molecule has 0 saturated heterocycles. The fourth-order valence-electron chi connectivity index (χ4n) is 2.44. The molecule has 128 valence electrons. The summed E-state index contributed by atoms with van der Waals surface area (Å²) >= 11 is 0. The van der Waals surface area contributed by atoms with Crippen LogP contribution in [0, 0.1) is 0 Å². The minimum Gasteiger partial charge on any atom is -0.494 e. The maximum absolute atomic E-state index is 12.2. The Morgan fingerprint density at radius 1 is 1.17 bits per heavy atom. The Labute approximate surface area is 138 Å². The standard InChI is InChI=1S/C18H28N2O3/c1-5-12-18(22,13-6-2)17(21)20-19-14(4)15-8-10-16(11-9-15)23-7-3/h8-11,22H,5-7,12-13H2,1-4H3,(H,20,21)/b19-14-. The number of amides is 1. The highest BCUT2D eigenvalue weighted by atomic mass is 16.5. The molecular weight excluding hydrogens is 292 g/mol. The summed E-state index contributed by atoms with van der Waals surface area (Å²) in [6.45, 7) is 8.26. The van der Waals surface area contributed by atoms with Crippen molar-refractivity contribution in [1.29, 1.82) is 0 Å². The molecule has 0 fully saturated rings. The van der Waals surface area contributed by atoms with Crippen LogP contribution in [0.2, 0.25) is 0 Å². The minimum absolute atomic E-state index is 0.435. The van der Waals surface area contributed by atoms with Crippen molar-refractivity contribution in [3.63, 3.8) is 0 Å². The van der Waals surface area contributed by atoms with Gasteiger partial charge in [0.2, 0.25) is 0 Å². The lowest BCUT2D eigenvalue weighted by atomic mass is 9.92. The van der Waals surface area contributed by atoms with E-state index in [2.05, 4.69) is 10.5 Å². The molecule has 0 aliphatic carbocycles. The average Bonchev–Trinajstić information content (AvgIpc) is 2.53. The van der Waals surface area contributed by atoms with Crippen molar-refractivity contribution in [2.75, 3.05) is 6.61 Å². The third-order valence-corrected chi connectivity index (χ3v) is 3.66. The van der Waals surface area contributed by atoms with Gasteiger partial charge in [-0.2, -0.15) is 5.10 Å². The van der Waals surface area contributed by atoms with Crippen molar-refractivity contribution < 1.29 is 14.6 Å². The SMILES string of the molecule is CCCC(O)(CCC)C(=O)N/N=C(/C)c1ccc(OCC)cc1. The Balaban J connectivity index is 2.75. The van der Waals surface area contributed by atoms with E-state index in [1.807, 2.05) is 52.0 Å². The summed E-state index contributed by atoms with van der Waals surface area (Å²) in [4.78, 5) is 12.2. The molecule has 0 heterocycles. The number of benzene rings is 1. The molecule has 0 aromatic heterocycles. The molecule has 1 aromatic carbocycles. The first kappa shape index (κ1) is 19.2. The van der Waals surface area contributed by atoms with Gasteiger partial charge in [0.15, 0.2) is 0 Å². The van der Waals surface area contributed by atoms with Crippen molar-refractivity contribution in [2.45, 2.75) is 59.0 Å². The summed E-state index contributed by atoms with van der Waals surface area (Å²) in [5, 5.41) is 14.6. The van der Waals surface area contributed by atoms with Gasteiger partial charge in [-0.25, -0.2) is 5.43 Å². The second kappa shape index (κ2) is 9.30. The lowest BCUT2D eigenvalue weighted by molar-refractivity contribution is -0.141. The van der Waals surface area contributed by atoms with E-state index in [9.17, 15) is 9.90 Å². The zero-order chi connectivity index (χ0) is 17.3. The molecule has 1 aromatic rings. The lowest BCUT2D eigenvalue weighted by Crippen LogP contribution is -2.45. The molecule has 0 saturated carbocycles. The second-order valence-electron chi connectivity index (χ2n) is 5.63. The van der Waals surface area contributed by atoms with Crippen LogP contribution in [0.25, 0.3) is 0 Å². The monoisotopic (exact) mass is 320 g/mol. The van der Waals surface area contributed by atoms with Crippen molar-refractivity contribution in [3.05, 3.63) is 29.8 Å². The normalized spacial score (nSPS) is 12.1. The second-order valence-corrected chi connectivity index (χ2v) is 5.63. The number of nitrogens with one attached hydrogen (secondary N) is 1. The van der Waals surface area contributed by atoms with E-state index in [-0.39, 0.29) is 0 Å². The lowest BCUT2D eigenvalue weighted by Gasteiger charge is -2.24. The maximum atomic E-state index is 12.2. The van der Waals surface area contributed by atoms with Crippen molar-refractivity contribution in [2.24, 2.45) is 5.10 Å². The van der Waals surface area contributed by atoms with Gasteiger partial charge in [0, 0.05) is 0 Å². The van der Waals surface area contributed by atoms with Gasteiger partial charge < -0.3 is 9.84 Å². The molecule has 23 heavy (non-hydrogen) atoms. The Kier molecular flexibility index (Phi) is 7.75. The molecule has 2 N–H and O–H groups in total. The molecule has 5 heteroatoms. The largest absolute Gasteiger partial charge is 0.494 e. The first-order valence-electron chi connectivity index (χ1n) is 8.27. The van der Waals surface area contributed by atoms with Gasteiger partial charge in [0.1, 0.15) is 11.4 Å². The number of carbonyl (C=O) groups is 1. The van der Waals surface area contributed by atoms with E-state index in [1.165, 1.54) is 0 Å². The molecule has 0 atom stereocenters. The zero-order valence-corrected chi connectivity index (χ0v) is 14.6. The average molecular weight is 320 g/mol. The predicted molar refractivity (Wildman–Crippen MR) is 92.7 cm³/mol. The van der Waals surface area contributed by atoms with E-state index < -0.39 is 11.5 Å². The number of hydrogen-bond donors (Lipinski definition) is 2. The molecule has 1 rings (SSSR count). The Hall–Kier alpha value is -1.88. The van der Waals surface area contributed by atoms with Crippen LogP contribution >= 0.6 is 0 Å². The summed E-state index contributed by atoms with van der Waals surface area (Å²) in [5.41, 5.74) is 2.73. The van der Waals surface area contributed by atoms with Gasteiger partial charge >= 0.3 is 0 Å². The van der Waals surface area contributed by atoms with Crippen LogP contribution in [0.5, 0.6) is 5.75 Å². The summed E-state index contributed by atoms with van der Waals surface area (Å²) in [5.74, 6) is 0.361. The fraction of sp³-hybridized carbons (Fsp3) is 0.556.